The van der Waals surface area contributed by atoms with E-state index in [1.165, 1.54) is 7.11 Å². The van der Waals surface area contributed by atoms with E-state index < -0.39 is 11.9 Å². The van der Waals surface area contributed by atoms with Crippen LogP contribution in [0.5, 0.6) is 0 Å². The Morgan fingerprint density at radius 1 is 1.32 bits per heavy atom. The molecule has 1 aromatic rings. The van der Waals surface area contributed by atoms with Gasteiger partial charge in [-0.2, -0.15) is 0 Å². The van der Waals surface area contributed by atoms with E-state index in [0.717, 1.165) is 10.0 Å². The molecule has 19 heavy (non-hydrogen) atoms. The summed E-state index contributed by atoms with van der Waals surface area (Å²) in [6, 6.07) is 5.59. The summed E-state index contributed by atoms with van der Waals surface area (Å²) in [5.74, 6) is -1.79. The Bertz CT molecular complexity index is 486. The fourth-order valence-corrected chi connectivity index (χ4v) is 2.11. The number of anilines is 1. The minimum absolute atomic E-state index is 0.125. The molecular weight excluding hydrogens is 310 g/mol. The fraction of sp³-hybridized carbons (Fsp3) is 0.429. The molecule has 0 fully saturated rings. The monoisotopic (exact) mass is 327 g/mol. The van der Waals surface area contributed by atoms with Crippen LogP contribution in [0.25, 0.3) is 0 Å². The molecule has 104 valence electrons. The van der Waals surface area contributed by atoms with Crippen molar-refractivity contribution in [1.82, 2.24) is 0 Å². The van der Waals surface area contributed by atoms with Crippen LogP contribution in [0, 0.1) is 18.8 Å². The number of amides is 1. The van der Waals surface area contributed by atoms with Crippen LogP contribution in [0.15, 0.2) is 22.7 Å². The number of rotatable bonds is 4. The first-order valence-electron chi connectivity index (χ1n) is 6.01. The first-order chi connectivity index (χ1) is 8.86. The van der Waals surface area contributed by atoms with Gasteiger partial charge < -0.3 is 10.1 Å². The van der Waals surface area contributed by atoms with Gasteiger partial charge in [-0.05, 0) is 30.5 Å². The third kappa shape index (κ3) is 4.06. The van der Waals surface area contributed by atoms with Crippen molar-refractivity contribution in [2.75, 3.05) is 12.4 Å². The van der Waals surface area contributed by atoms with Gasteiger partial charge in [0, 0.05) is 10.2 Å². The number of ether oxygens (including phenoxy) is 1. The van der Waals surface area contributed by atoms with Crippen LogP contribution in [0.1, 0.15) is 19.4 Å². The van der Waals surface area contributed by atoms with Crippen LogP contribution in [0.2, 0.25) is 0 Å². The summed E-state index contributed by atoms with van der Waals surface area (Å²) >= 11 is 3.35. The first kappa shape index (κ1) is 15.7. The highest BCUT2D eigenvalue weighted by molar-refractivity contribution is 9.10. The van der Waals surface area contributed by atoms with Gasteiger partial charge in [0.1, 0.15) is 5.92 Å². The van der Waals surface area contributed by atoms with E-state index in [9.17, 15) is 9.59 Å². The molecule has 0 aromatic heterocycles. The number of carbonyl (C=O) groups excluding carboxylic acids is 2. The topological polar surface area (TPSA) is 55.4 Å². The zero-order valence-electron chi connectivity index (χ0n) is 11.5. The molecule has 0 heterocycles. The highest BCUT2D eigenvalue weighted by Gasteiger charge is 2.31. The van der Waals surface area contributed by atoms with Crippen LogP contribution in [-0.4, -0.2) is 19.0 Å². The Hall–Kier alpha value is -1.36. The second kappa shape index (κ2) is 6.70. The standard InChI is InChI=1S/C14H18BrNO3/c1-8(2)12(14(18)19-4)13(17)16-11-7-10(15)6-5-9(11)3/h5-8,12H,1-4H3,(H,16,17). The van der Waals surface area contributed by atoms with Crippen LogP contribution in [-0.2, 0) is 14.3 Å². The van der Waals surface area contributed by atoms with Crippen LogP contribution in [0.4, 0.5) is 5.69 Å². The smallest absolute Gasteiger partial charge is 0.318 e. The highest BCUT2D eigenvalue weighted by atomic mass is 79.9. The van der Waals surface area contributed by atoms with Gasteiger partial charge in [-0.3, -0.25) is 9.59 Å². The minimum Gasteiger partial charge on any atom is -0.468 e. The number of halogens is 1. The van der Waals surface area contributed by atoms with E-state index in [1.54, 1.807) is 0 Å². The molecule has 0 radical (unpaired) electrons. The molecule has 0 aliphatic carbocycles. The molecule has 0 bridgehead atoms. The van der Waals surface area contributed by atoms with Gasteiger partial charge in [0.15, 0.2) is 0 Å². The number of methoxy groups -OCH3 is 1. The van der Waals surface area contributed by atoms with E-state index in [-0.39, 0.29) is 11.8 Å². The van der Waals surface area contributed by atoms with Crippen molar-refractivity contribution in [1.29, 1.82) is 0 Å². The number of aryl methyl sites for hydroxylation is 1. The van der Waals surface area contributed by atoms with Gasteiger partial charge in [0.05, 0.1) is 7.11 Å². The van der Waals surface area contributed by atoms with Crippen LogP contribution < -0.4 is 5.32 Å². The van der Waals surface area contributed by atoms with Crippen molar-refractivity contribution in [3.05, 3.63) is 28.2 Å². The summed E-state index contributed by atoms with van der Waals surface area (Å²) in [5.41, 5.74) is 1.62. The Kier molecular flexibility index (Phi) is 5.54. The van der Waals surface area contributed by atoms with E-state index >= 15 is 0 Å². The normalized spacial score (nSPS) is 12.1. The van der Waals surface area contributed by atoms with Crippen molar-refractivity contribution >= 4 is 33.5 Å². The summed E-state index contributed by atoms with van der Waals surface area (Å²) in [6.45, 7) is 5.52. The molecule has 0 spiro atoms. The summed E-state index contributed by atoms with van der Waals surface area (Å²) in [7, 11) is 1.29. The SMILES string of the molecule is COC(=O)C(C(=O)Nc1cc(Br)ccc1C)C(C)C. The second-order valence-corrected chi connectivity index (χ2v) is 5.61. The molecule has 1 unspecified atom stereocenters. The summed E-state index contributed by atoms with van der Waals surface area (Å²) < 4.78 is 5.55. The zero-order valence-corrected chi connectivity index (χ0v) is 13.1. The van der Waals surface area contributed by atoms with Gasteiger partial charge in [0.25, 0.3) is 0 Å². The lowest BCUT2D eigenvalue weighted by molar-refractivity contribution is -0.150. The van der Waals surface area contributed by atoms with Crippen molar-refractivity contribution in [2.24, 2.45) is 11.8 Å². The van der Waals surface area contributed by atoms with Crippen molar-refractivity contribution in [2.45, 2.75) is 20.8 Å². The molecular formula is C14H18BrNO3. The third-order valence-corrected chi connectivity index (χ3v) is 3.35. The van der Waals surface area contributed by atoms with Gasteiger partial charge in [-0.25, -0.2) is 0 Å². The molecule has 4 nitrogen and oxygen atoms in total. The van der Waals surface area contributed by atoms with Gasteiger partial charge in [-0.1, -0.05) is 35.8 Å². The lowest BCUT2D eigenvalue weighted by Gasteiger charge is -2.18. The van der Waals surface area contributed by atoms with Crippen molar-refractivity contribution in [3.63, 3.8) is 0 Å². The molecule has 1 N–H and O–H groups in total. The number of hydrogen-bond acceptors (Lipinski definition) is 3. The predicted molar refractivity (Wildman–Crippen MR) is 77.9 cm³/mol. The zero-order chi connectivity index (χ0) is 14.6. The van der Waals surface area contributed by atoms with E-state index in [4.69, 9.17) is 0 Å². The molecule has 0 saturated heterocycles. The van der Waals surface area contributed by atoms with Crippen molar-refractivity contribution < 1.29 is 14.3 Å². The Morgan fingerprint density at radius 2 is 1.95 bits per heavy atom. The second-order valence-electron chi connectivity index (χ2n) is 4.69. The predicted octanol–water partition coefficient (Wildman–Crippen LogP) is 3.14. The maximum atomic E-state index is 12.2. The fourth-order valence-electron chi connectivity index (χ4n) is 1.75. The largest absolute Gasteiger partial charge is 0.468 e. The average molecular weight is 328 g/mol. The maximum absolute atomic E-state index is 12.2. The lowest BCUT2D eigenvalue weighted by atomic mass is 9.95. The molecule has 5 heteroatoms. The molecule has 0 saturated carbocycles. The molecule has 1 atom stereocenters. The molecule has 0 aliphatic heterocycles. The number of benzene rings is 1. The Morgan fingerprint density at radius 3 is 2.47 bits per heavy atom. The van der Waals surface area contributed by atoms with Gasteiger partial charge >= 0.3 is 5.97 Å². The van der Waals surface area contributed by atoms with Gasteiger partial charge in [0.2, 0.25) is 5.91 Å². The lowest BCUT2D eigenvalue weighted by Crippen LogP contribution is -2.34. The van der Waals surface area contributed by atoms with E-state index in [0.29, 0.717) is 5.69 Å². The number of esters is 1. The molecule has 1 aromatic carbocycles. The third-order valence-electron chi connectivity index (χ3n) is 2.86. The number of nitrogens with one attached hydrogen (secondary N) is 1. The quantitative estimate of drug-likeness (QED) is 0.682. The van der Waals surface area contributed by atoms with Crippen LogP contribution in [0.3, 0.4) is 0 Å². The van der Waals surface area contributed by atoms with Crippen molar-refractivity contribution in [3.8, 4) is 0 Å². The summed E-state index contributed by atoms with van der Waals surface area (Å²) in [5, 5.41) is 2.78. The van der Waals surface area contributed by atoms with Gasteiger partial charge in [-0.15, -0.1) is 0 Å². The average Bonchev–Trinajstić information content (AvgIpc) is 2.33. The molecule has 1 rings (SSSR count). The van der Waals surface area contributed by atoms with E-state index in [2.05, 4.69) is 26.0 Å². The number of carbonyl (C=O) groups is 2. The maximum Gasteiger partial charge on any atom is 0.318 e. The first-order valence-corrected chi connectivity index (χ1v) is 6.81. The molecule has 1 amide bonds. The van der Waals surface area contributed by atoms with E-state index in [1.807, 2.05) is 39.0 Å². The summed E-state index contributed by atoms with van der Waals surface area (Å²) in [6.07, 6.45) is 0. The Balaban J connectivity index is 2.93. The highest BCUT2D eigenvalue weighted by Crippen LogP contribution is 2.22. The minimum atomic E-state index is -0.802. The van der Waals surface area contributed by atoms with Crippen LogP contribution >= 0.6 is 15.9 Å². The number of hydrogen-bond donors (Lipinski definition) is 1. The Labute approximate surface area is 121 Å². The molecule has 0 aliphatic rings. The summed E-state index contributed by atoms with van der Waals surface area (Å²) in [4.78, 5) is 23.8.